The van der Waals surface area contributed by atoms with Crippen molar-refractivity contribution in [2.45, 2.75) is 11.7 Å². The first kappa shape index (κ1) is 13.5. The molecule has 0 N–H and O–H groups in total. The average molecular weight is 242 g/mol. The van der Waals surface area contributed by atoms with Crippen molar-refractivity contribution in [3.8, 4) is 11.8 Å². The lowest BCUT2D eigenvalue weighted by Crippen LogP contribution is -2.45. The van der Waals surface area contributed by atoms with Crippen LogP contribution in [0.5, 0.6) is 0 Å². The van der Waals surface area contributed by atoms with Gasteiger partial charge in [0.15, 0.2) is 0 Å². The van der Waals surface area contributed by atoms with E-state index in [0.717, 1.165) is 0 Å². The van der Waals surface area contributed by atoms with Gasteiger partial charge in [-0.2, -0.15) is 0 Å². The summed E-state index contributed by atoms with van der Waals surface area (Å²) in [7, 11) is 3.84. The molecule has 0 aliphatic carbocycles. The molecule has 16 heavy (non-hydrogen) atoms. The van der Waals surface area contributed by atoms with Crippen molar-refractivity contribution in [2.24, 2.45) is 0 Å². The Labute approximate surface area is 101 Å². The van der Waals surface area contributed by atoms with Crippen LogP contribution in [0.1, 0.15) is 6.42 Å². The van der Waals surface area contributed by atoms with E-state index in [2.05, 4.69) is 11.8 Å². The number of hydroxylamine groups is 3. The van der Waals surface area contributed by atoms with Gasteiger partial charge in [0, 0.05) is 6.42 Å². The second-order valence-electron chi connectivity index (χ2n) is 4.21. The van der Waals surface area contributed by atoms with Gasteiger partial charge in [0.05, 0.1) is 13.1 Å². The fraction of sp³-hybridized carbons (Fsp3) is 0.727. The number of amides is 1. The first-order chi connectivity index (χ1) is 7.49. The molecule has 0 aromatic heterocycles. The highest BCUT2D eigenvalue weighted by Crippen LogP contribution is 2.27. The van der Waals surface area contributed by atoms with Crippen molar-refractivity contribution in [2.75, 3.05) is 40.0 Å². The molecule has 5 heteroatoms. The maximum absolute atomic E-state index is 12.1. The number of nitrogens with zero attached hydrogens (tertiary/aromatic N) is 2. The van der Waals surface area contributed by atoms with Gasteiger partial charge in [-0.15, -0.1) is 11.8 Å². The van der Waals surface area contributed by atoms with E-state index >= 15 is 0 Å². The van der Waals surface area contributed by atoms with E-state index in [9.17, 15) is 10.0 Å². The fourth-order valence-electron chi connectivity index (χ4n) is 1.60. The van der Waals surface area contributed by atoms with E-state index < -0.39 is 4.65 Å². The summed E-state index contributed by atoms with van der Waals surface area (Å²) in [6, 6.07) is 0. The van der Waals surface area contributed by atoms with Crippen LogP contribution in [0, 0.1) is 17.0 Å². The van der Waals surface area contributed by atoms with Gasteiger partial charge in [0.1, 0.15) is 11.8 Å². The van der Waals surface area contributed by atoms with Crippen molar-refractivity contribution in [3.05, 3.63) is 5.21 Å². The molecule has 2 unspecified atom stereocenters. The Hall–Kier alpha value is -0.540. The molecular formula is C11H18N2O2S. The summed E-state index contributed by atoms with van der Waals surface area (Å²) in [5, 5.41) is 12.0. The maximum Gasteiger partial charge on any atom is 0.327 e. The Morgan fingerprint density at radius 1 is 1.56 bits per heavy atom. The predicted octanol–water partition coefficient (Wildman–Crippen LogP) is 0.528. The number of likely N-dealkylation sites (tertiary alicyclic amines) is 1. The highest BCUT2D eigenvalue weighted by Gasteiger charge is 2.41. The molecule has 1 amide bonds. The molecule has 1 heterocycles. The van der Waals surface area contributed by atoms with Crippen LogP contribution in [-0.4, -0.2) is 60.7 Å². The molecule has 4 nitrogen and oxygen atoms in total. The van der Waals surface area contributed by atoms with Crippen LogP contribution in [-0.2, 0) is 4.79 Å². The number of quaternary nitrogens is 1. The van der Waals surface area contributed by atoms with E-state index in [1.807, 2.05) is 25.3 Å². The Morgan fingerprint density at radius 3 is 2.75 bits per heavy atom. The maximum atomic E-state index is 12.1. The van der Waals surface area contributed by atoms with Crippen LogP contribution < -0.4 is 0 Å². The monoisotopic (exact) mass is 242 g/mol. The van der Waals surface area contributed by atoms with Gasteiger partial charge in [0.2, 0.25) is 0 Å². The topological polar surface area (TPSA) is 43.4 Å². The van der Waals surface area contributed by atoms with Crippen LogP contribution >= 0.6 is 11.8 Å². The zero-order valence-electron chi connectivity index (χ0n) is 10.0. The zero-order valence-corrected chi connectivity index (χ0v) is 10.8. The van der Waals surface area contributed by atoms with Crippen molar-refractivity contribution >= 4 is 17.7 Å². The summed E-state index contributed by atoms with van der Waals surface area (Å²) >= 11 is 1.47. The quantitative estimate of drug-likeness (QED) is 0.411. The number of carbonyl (C=O) groups excluding carboxylic acids is 1. The van der Waals surface area contributed by atoms with E-state index in [1.165, 1.54) is 11.8 Å². The second kappa shape index (κ2) is 5.69. The molecule has 1 rings (SSSR count). The van der Waals surface area contributed by atoms with E-state index in [-0.39, 0.29) is 17.7 Å². The molecule has 2 atom stereocenters. The van der Waals surface area contributed by atoms with Crippen LogP contribution in [0.3, 0.4) is 0 Å². The largest absolute Gasteiger partial charge is 0.625 e. The lowest BCUT2D eigenvalue weighted by atomic mass is 10.4. The number of hydrogen-bond donors (Lipinski definition) is 0. The average Bonchev–Trinajstić information content (AvgIpc) is 2.51. The van der Waals surface area contributed by atoms with E-state index in [1.54, 1.807) is 0 Å². The van der Waals surface area contributed by atoms with Gasteiger partial charge in [0.25, 0.3) is 0 Å². The Kier molecular flexibility index (Phi) is 4.81. The molecule has 0 saturated carbocycles. The van der Waals surface area contributed by atoms with Gasteiger partial charge < -0.3 is 5.21 Å². The third kappa shape index (κ3) is 3.22. The summed E-state index contributed by atoms with van der Waals surface area (Å²) in [5.41, 5.74) is 0. The van der Waals surface area contributed by atoms with Gasteiger partial charge in [-0.05, 0) is 26.3 Å². The molecule has 0 spiro atoms. The Morgan fingerprint density at radius 2 is 2.25 bits per heavy atom. The molecule has 1 aliphatic rings. The summed E-state index contributed by atoms with van der Waals surface area (Å²) in [6.45, 7) is 1.10. The molecule has 1 aliphatic heterocycles. The first-order valence-corrected chi connectivity index (χ1v) is 6.54. The minimum atomic E-state index is -0.758. The number of hydrogen-bond acceptors (Lipinski definition) is 4. The van der Waals surface area contributed by atoms with Gasteiger partial charge in [-0.25, -0.2) is 4.79 Å². The molecule has 90 valence electrons. The Bertz CT molecular complexity index is 322. The smallest absolute Gasteiger partial charge is 0.327 e. The lowest BCUT2D eigenvalue weighted by Gasteiger charge is -2.33. The number of thioether (sulfide) groups is 1. The second-order valence-corrected chi connectivity index (χ2v) is 5.25. The van der Waals surface area contributed by atoms with Crippen LogP contribution in [0.25, 0.3) is 0 Å². The van der Waals surface area contributed by atoms with Gasteiger partial charge >= 0.3 is 5.91 Å². The van der Waals surface area contributed by atoms with Gasteiger partial charge in [-0.1, -0.05) is 5.92 Å². The van der Waals surface area contributed by atoms with Crippen LogP contribution in [0.15, 0.2) is 0 Å². The van der Waals surface area contributed by atoms with E-state index in [4.69, 9.17) is 0 Å². The molecule has 0 radical (unpaired) electrons. The molecule has 0 aromatic carbocycles. The van der Waals surface area contributed by atoms with Crippen LogP contribution in [0.2, 0.25) is 0 Å². The highest BCUT2D eigenvalue weighted by atomic mass is 32.2. The zero-order chi connectivity index (χ0) is 12.2. The van der Waals surface area contributed by atoms with Crippen molar-refractivity contribution in [3.63, 3.8) is 0 Å². The molecule has 0 aromatic rings. The molecule has 0 bridgehead atoms. The molecule has 1 saturated heterocycles. The minimum absolute atomic E-state index is 0.101. The standard InChI is InChI=1S/C11H18N2O2S/c1-12(2)7-4-5-8-13(15)9-6-10(16-3)11(13)14/h10H,6-9H2,1-3H3. The third-order valence-corrected chi connectivity index (χ3v) is 3.58. The first-order valence-electron chi connectivity index (χ1n) is 5.25. The van der Waals surface area contributed by atoms with Crippen molar-refractivity contribution < 1.29 is 9.44 Å². The molecular weight excluding hydrogens is 224 g/mol. The summed E-state index contributed by atoms with van der Waals surface area (Å²) in [5.74, 6) is 5.49. The fourth-order valence-corrected chi connectivity index (χ4v) is 2.33. The predicted molar refractivity (Wildman–Crippen MR) is 66.6 cm³/mol. The summed E-state index contributed by atoms with van der Waals surface area (Å²) in [6.07, 6.45) is 2.55. The third-order valence-electron chi connectivity index (χ3n) is 2.57. The van der Waals surface area contributed by atoms with Gasteiger partial charge in [-0.3, -0.25) is 9.55 Å². The molecule has 1 fully saturated rings. The van der Waals surface area contributed by atoms with E-state index in [0.29, 0.717) is 19.5 Å². The highest BCUT2D eigenvalue weighted by molar-refractivity contribution is 7.99. The number of rotatable bonds is 3. The van der Waals surface area contributed by atoms with Crippen LogP contribution in [0.4, 0.5) is 0 Å². The summed E-state index contributed by atoms with van der Waals surface area (Å²) in [4.78, 5) is 13.7. The van der Waals surface area contributed by atoms with Crippen molar-refractivity contribution in [1.82, 2.24) is 4.90 Å². The SMILES string of the molecule is CSC1CC[N+]([O-])(CC#CCN(C)C)C1=O. The normalized spacial score (nSPS) is 29.3. The lowest BCUT2D eigenvalue weighted by molar-refractivity contribution is -0.787. The minimum Gasteiger partial charge on any atom is -0.625 e. The van der Waals surface area contributed by atoms with Crippen molar-refractivity contribution in [1.29, 1.82) is 0 Å². The Balaban J connectivity index is 2.52. The number of carbonyl (C=O) groups is 1. The summed E-state index contributed by atoms with van der Waals surface area (Å²) < 4.78 is -0.758.